The van der Waals surface area contributed by atoms with Gasteiger partial charge in [-0.1, -0.05) is 29.8 Å². The van der Waals surface area contributed by atoms with E-state index in [1.807, 2.05) is 49.4 Å². The summed E-state index contributed by atoms with van der Waals surface area (Å²) >= 11 is 6.14. The van der Waals surface area contributed by atoms with Crippen molar-refractivity contribution in [3.63, 3.8) is 0 Å². The van der Waals surface area contributed by atoms with Crippen LogP contribution in [0.1, 0.15) is 27.5 Å². The van der Waals surface area contributed by atoms with Gasteiger partial charge in [0.25, 0.3) is 11.5 Å². The second kappa shape index (κ2) is 8.55. The van der Waals surface area contributed by atoms with Crippen molar-refractivity contribution in [1.29, 1.82) is 0 Å². The van der Waals surface area contributed by atoms with Crippen molar-refractivity contribution in [2.45, 2.75) is 19.9 Å². The summed E-state index contributed by atoms with van der Waals surface area (Å²) in [5.74, 6) is 0.253. The number of nitrogens with one attached hydrogen (secondary N) is 1. The van der Waals surface area contributed by atoms with Gasteiger partial charge in [0.15, 0.2) is 0 Å². The lowest BCUT2D eigenvalue weighted by Gasteiger charge is -2.12. The minimum Gasteiger partial charge on any atom is -0.469 e. The zero-order valence-corrected chi connectivity index (χ0v) is 18.5. The Balaban J connectivity index is 1.55. The summed E-state index contributed by atoms with van der Waals surface area (Å²) in [6.45, 7) is 2.63. The molecule has 0 atom stereocenters. The van der Waals surface area contributed by atoms with Crippen LogP contribution in [0, 0.1) is 6.92 Å². The monoisotopic (exact) mass is 461 g/mol. The van der Waals surface area contributed by atoms with E-state index < -0.39 is 5.91 Å². The molecular formula is C24H20ClN5O3. The third kappa shape index (κ3) is 4.12. The number of benzene rings is 2. The maximum atomic E-state index is 13.4. The van der Waals surface area contributed by atoms with Crippen LogP contribution < -0.4 is 10.9 Å². The van der Waals surface area contributed by atoms with Crippen LogP contribution in [0.2, 0.25) is 5.02 Å². The molecule has 0 aliphatic carbocycles. The summed E-state index contributed by atoms with van der Waals surface area (Å²) < 4.78 is 8.35. The van der Waals surface area contributed by atoms with E-state index in [1.54, 1.807) is 23.0 Å². The molecule has 1 amide bonds. The fourth-order valence-corrected chi connectivity index (χ4v) is 3.99. The summed E-state index contributed by atoms with van der Waals surface area (Å²) in [5.41, 5.74) is 3.01. The smallest absolute Gasteiger partial charge is 0.296 e. The highest BCUT2D eigenvalue weighted by Gasteiger charge is 2.19. The second-order valence-corrected chi connectivity index (χ2v) is 8.21. The normalized spacial score (nSPS) is 11.3. The molecule has 0 spiro atoms. The summed E-state index contributed by atoms with van der Waals surface area (Å²) in [7, 11) is 0. The molecule has 0 saturated heterocycles. The number of carbonyl (C=O) groups is 1. The van der Waals surface area contributed by atoms with Gasteiger partial charge < -0.3 is 9.73 Å². The summed E-state index contributed by atoms with van der Waals surface area (Å²) in [6, 6.07) is 16.7. The van der Waals surface area contributed by atoms with Crippen molar-refractivity contribution in [2.75, 3.05) is 6.54 Å². The van der Waals surface area contributed by atoms with Crippen LogP contribution in [0.3, 0.4) is 0 Å². The molecular weight excluding hydrogens is 442 g/mol. The molecule has 5 aromatic rings. The van der Waals surface area contributed by atoms with Crippen molar-refractivity contribution >= 4 is 34.2 Å². The molecule has 166 valence electrons. The number of amides is 1. The van der Waals surface area contributed by atoms with E-state index in [0.29, 0.717) is 35.6 Å². The molecule has 2 aromatic carbocycles. The molecule has 9 heteroatoms. The molecule has 3 aromatic heterocycles. The predicted octanol–water partition coefficient (Wildman–Crippen LogP) is 3.62. The number of hydrogen-bond acceptors (Lipinski definition) is 5. The minimum atomic E-state index is -0.452. The summed E-state index contributed by atoms with van der Waals surface area (Å²) in [6.07, 6.45) is 2.13. The molecule has 0 saturated carbocycles. The van der Waals surface area contributed by atoms with Crippen molar-refractivity contribution in [3.05, 3.63) is 98.9 Å². The number of fused-ring (bicyclic) bond motifs is 3. The van der Waals surface area contributed by atoms with Crippen molar-refractivity contribution in [3.8, 4) is 0 Å². The van der Waals surface area contributed by atoms with Crippen LogP contribution in [0.15, 0.2) is 70.1 Å². The number of rotatable bonds is 6. The Bertz CT molecular complexity index is 1540. The highest BCUT2D eigenvalue weighted by Crippen LogP contribution is 2.18. The topological polar surface area (TPSA) is 94.4 Å². The number of carbonyl (C=O) groups excluding carboxylic acids is 1. The number of nitrogens with zero attached hydrogens (tertiary/aromatic N) is 4. The molecule has 8 nitrogen and oxygen atoms in total. The summed E-state index contributed by atoms with van der Waals surface area (Å²) in [4.78, 5) is 30.3. The lowest BCUT2D eigenvalue weighted by atomic mass is 10.2. The van der Waals surface area contributed by atoms with Gasteiger partial charge in [0.1, 0.15) is 5.76 Å². The van der Waals surface area contributed by atoms with Crippen LogP contribution in [0.25, 0.3) is 16.7 Å². The molecule has 0 fully saturated rings. The molecule has 0 aliphatic heterocycles. The maximum absolute atomic E-state index is 13.4. The number of halogens is 1. The van der Waals surface area contributed by atoms with Gasteiger partial charge in [-0.3, -0.25) is 14.2 Å². The zero-order valence-electron chi connectivity index (χ0n) is 17.8. The van der Waals surface area contributed by atoms with E-state index in [4.69, 9.17) is 16.0 Å². The third-order valence-corrected chi connectivity index (χ3v) is 5.60. The first-order valence-corrected chi connectivity index (χ1v) is 10.8. The minimum absolute atomic E-state index is 0.0612. The van der Waals surface area contributed by atoms with Crippen LogP contribution in [0.5, 0.6) is 0 Å². The van der Waals surface area contributed by atoms with E-state index in [1.165, 1.54) is 4.52 Å². The van der Waals surface area contributed by atoms with Crippen molar-refractivity contribution in [1.82, 2.24) is 24.5 Å². The predicted molar refractivity (Wildman–Crippen MR) is 125 cm³/mol. The number of hydrogen-bond donors (Lipinski definition) is 1. The number of aryl methyl sites for hydroxylation is 1. The molecule has 3 heterocycles. The van der Waals surface area contributed by atoms with E-state index in [2.05, 4.69) is 15.4 Å². The first kappa shape index (κ1) is 21.0. The lowest BCUT2D eigenvalue weighted by Crippen LogP contribution is -2.26. The third-order valence-electron chi connectivity index (χ3n) is 5.36. The largest absolute Gasteiger partial charge is 0.469 e. The van der Waals surface area contributed by atoms with Crippen LogP contribution in [0.4, 0.5) is 0 Å². The quantitative estimate of drug-likeness (QED) is 0.417. The number of aromatic nitrogens is 4. The van der Waals surface area contributed by atoms with E-state index in [-0.39, 0.29) is 17.0 Å². The molecule has 0 aliphatic rings. The van der Waals surface area contributed by atoms with Crippen LogP contribution in [-0.2, 0) is 13.0 Å². The zero-order chi connectivity index (χ0) is 22.9. The van der Waals surface area contributed by atoms with Gasteiger partial charge >= 0.3 is 0 Å². The average molecular weight is 462 g/mol. The van der Waals surface area contributed by atoms with Gasteiger partial charge in [-0.25, -0.2) is 4.52 Å². The Morgan fingerprint density at radius 1 is 1.12 bits per heavy atom. The first-order chi connectivity index (χ1) is 16.0. The Kier molecular flexibility index (Phi) is 5.43. The standard InChI is InChI=1S/C24H20ClN5O3/c1-15-7-8-19-20(12-15)29(14-16-4-2-5-17(25)13-16)24(32)22-27-21(28-30(19)22)23(31)26-10-9-18-6-3-11-33-18/h2-8,11-13H,9-10,14H2,1H3,(H,26,31). The molecule has 0 unspecified atom stereocenters. The van der Waals surface area contributed by atoms with Crippen LogP contribution in [-0.4, -0.2) is 31.6 Å². The summed E-state index contributed by atoms with van der Waals surface area (Å²) in [5, 5.41) is 7.72. The van der Waals surface area contributed by atoms with Gasteiger partial charge in [0, 0.05) is 18.0 Å². The highest BCUT2D eigenvalue weighted by molar-refractivity contribution is 6.30. The van der Waals surface area contributed by atoms with Gasteiger partial charge in [-0.05, 0) is 54.4 Å². The van der Waals surface area contributed by atoms with Crippen LogP contribution >= 0.6 is 11.6 Å². The Labute approximate surface area is 193 Å². The van der Waals surface area contributed by atoms with E-state index >= 15 is 0 Å². The Hall–Kier alpha value is -3.91. The van der Waals surface area contributed by atoms with Gasteiger partial charge in [-0.15, -0.1) is 5.10 Å². The SMILES string of the molecule is Cc1ccc2c(c1)n(Cc1cccc(Cl)c1)c(=O)c1nc(C(=O)NCCc3ccco3)nn12. The maximum Gasteiger partial charge on any atom is 0.296 e. The molecule has 1 N–H and O–H groups in total. The van der Waals surface area contributed by atoms with Crippen molar-refractivity contribution < 1.29 is 9.21 Å². The molecule has 5 rings (SSSR count). The Morgan fingerprint density at radius 2 is 2.00 bits per heavy atom. The van der Waals surface area contributed by atoms with Crippen molar-refractivity contribution in [2.24, 2.45) is 0 Å². The highest BCUT2D eigenvalue weighted by atomic mass is 35.5. The van der Waals surface area contributed by atoms with Gasteiger partial charge in [0.05, 0.1) is 23.8 Å². The molecule has 33 heavy (non-hydrogen) atoms. The van der Waals surface area contributed by atoms with E-state index in [0.717, 1.165) is 16.9 Å². The van der Waals surface area contributed by atoms with Gasteiger partial charge in [0.2, 0.25) is 11.5 Å². The molecule has 0 radical (unpaired) electrons. The van der Waals surface area contributed by atoms with Gasteiger partial charge in [-0.2, -0.15) is 4.98 Å². The second-order valence-electron chi connectivity index (χ2n) is 7.77. The fraction of sp³-hybridized carbons (Fsp3) is 0.167. The van der Waals surface area contributed by atoms with E-state index in [9.17, 15) is 9.59 Å². The fourth-order valence-electron chi connectivity index (χ4n) is 3.78. The Morgan fingerprint density at radius 3 is 2.79 bits per heavy atom. The number of furan rings is 1. The first-order valence-electron chi connectivity index (χ1n) is 10.4. The molecule has 0 bridgehead atoms. The average Bonchev–Trinajstić information content (AvgIpc) is 3.47. The lowest BCUT2D eigenvalue weighted by molar-refractivity contribution is 0.0943.